The normalized spacial score (nSPS) is 27.0. The van der Waals surface area contributed by atoms with Crippen LogP contribution >= 0.6 is 0 Å². The first-order chi connectivity index (χ1) is 11.3. The molecule has 0 saturated carbocycles. The fourth-order valence-electron chi connectivity index (χ4n) is 4.27. The molecular formula is C18H27N5. The van der Waals surface area contributed by atoms with Gasteiger partial charge in [-0.1, -0.05) is 6.92 Å². The maximum Gasteiger partial charge on any atom is 0.160 e. The third kappa shape index (κ3) is 2.76. The molecule has 2 saturated heterocycles. The summed E-state index contributed by atoms with van der Waals surface area (Å²) in [7, 11) is 2.21. The molecule has 0 aliphatic carbocycles. The lowest BCUT2D eigenvalue weighted by atomic mass is 9.97. The van der Waals surface area contributed by atoms with Crippen LogP contribution < -0.4 is 0 Å². The molecule has 2 aliphatic heterocycles. The lowest BCUT2D eigenvalue weighted by Gasteiger charge is -2.32. The number of piperidine rings is 1. The average molecular weight is 313 g/mol. The van der Waals surface area contributed by atoms with Crippen LogP contribution in [0.15, 0.2) is 18.3 Å². The predicted molar refractivity (Wildman–Crippen MR) is 92.8 cm³/mol. The summed E-state index contributed by atoms with van der Waals surface area (Å²) in [5.41, 5.74) is 2.14. The van der Waals surface area contributed by atoms with Gasteiger partial charge < -0.3 is 14.4 Å². The van der Waals surface area contributed by atoms with Gasteiger partial charge in [-0.3, -0.25) is 0 Å². The molecule has 2 aromatic heterocycles. The molecular weight excluding hydrogens is 286 g/mol. The van der Waals surface area contributed by atoms with Crippen LogP contribution in [0.2, 0.25) is 0 Å². The van der Waals surface area contributed by atoms with Crippen LogP contribution in [-0.2, 0) is 0 Å². The Balaban J connectivity index is 1.76. The van der Waals surface area contributed by atoms with E-state index in [2.05, 4.69) is 39.4 Å². The monoisotopic (exact) mass is 313 g/mol. The van der Waals surface area contributed by atoms with Crippen molar-refractivity contribution in [2.45, 2.75) is 38.1 Å². The number of hydrogen-bond donors (Lipinski definition) is 0. The van der Waals surface area contributed by atoms with E-state index in [4.69, 9.17) is 4.98 Å². The first kappa shape index (κ1) is 15.1. The van der Waals surface area contributed by atoms with Crippen molar-refractivity contribution in [2.75, 3.05) is 39.8 Å². The van der Waals surface area contributed by atoms with E-state index < -0.39 is 0 Å². The zero-order valence-electron chi connectivity index (χ0n) is 14.3. The highest BCUT2D eigenvalue weighted by Gasteiger charge is 2.31. The van der Waals surface area contributed by atoms with Gasteiger partial charge in [0.25, 0.3) is 0 Å². The van der Waals surface area contributed by atoms with Crippen LogP contribution in [0.25, 0.3) is 11.2 Å². The van der Waals surface area contributed by atoms with E-state index in [1.54, 1.807) is 0 Å². The highest BCUT2D eigenvalue weighted by atomic mass is 15.2. The zero-order chi connectivity index (χ0) is 15.8. The second-order valence-corrected chi connectivity index (χ2v) is 7.12. The first-order valence-corrected chi connectivity index (χ1v) is 9.00. The fraction of sp³-hybridized carbons (Fsp3) is 0.667. The second-order valence-electron chi connectivity index (χ2n) is 7.12. The van der Waals surface area contributed by atoms with Crippen molar-refractivity contribution in [1.82, 2.24) is 24.3 Å². The molecule has 4 rings (SSSR count). The summed E-state index contributed by atoms with van der Waals surface area (Å²) in [6, 6.07) is 4.64. The molecule has 4 heterocycles. The van der Waals surface area contributed by atoms with Crippen LogP contribution in [0.5, 0.6) is 0 Å². The van der Waals surface area contributed by atoms with Crippen LogP contribution in [0.1, 0.15) is 44.0 Å². The Kier molecular flexibility index (Phi) is 4.07. The van der Waals surface area contributed by atoms with Crippen LogP contribution in [0.4, 0.5) is 0 Å². The number of fused-ring (bicyclic) bond motifs is 1. The van der Waals surface area contributed by atoms with Crippen molar-refractivity contribution in [3.05, 3.63) is 24.2 Å². The van der Waals surface area contributed by atoms with Gasteiger partial charge in [0.2, 0.25) is 0 Å². The standard InChI is InChI=1S/C18H27N5/c1-3-22-10-5-6-14(12-22)17-20-16-7-4-9-19-18(16)23(17)15-8-11-21(2)13-15/h4,7,9,14-15H,3,5-6,8,10-13H2,1-2H3. The number of pyridine rings is 1. The molecule has 2 atom stereocenters. The van der Waals surface area contributed by atoms with Crippen LogP contribution in [-0.4, -0.2) is 64.1 Å². The van der Waals surface area contributed by atoms with Gasteiger partial charge in [0.05, 0.1) is 6.04 Å². The summed E-state index contributed by atoms with van der Waals surface area (Å²) in [4.78, 5) is 14.7. The van der Waals surface area contributed by atoms with E-state index in [9.17, 15) is 0 Å². The molecule has 5 heteroatoms. The Hall–Kier alpha value is -1.46. The van der Waals surface area contributed by atoms with E-state index in [0.29, 0.717) is 12.0 Å². The number of likely N-dealkylation sites (tertiary alicyclic amines) is 2. The maximum absolute atomic E-state index is 5.03. The zero-order valence-corrected chi connectivity index (χ0v) is 14.3. The second kappa shape index (κ2) is 6.21. The quantitative estimate of drug-likeness (QED) is 0.872. The van der Waals surface area contributed by atoms with Crippen molar-refractivity contribution in [1.29, 1.82) is 0 Å². The lowest BCUT2D eigenvalue weighted by Crippen LogP contribution is -2.35. The molecule has 0 N–H and O–H groups in total. The van der Waals surface area contributed by atoms with E-state index >= 15 is 0 Å². The largest absolute Gasteiger partial charge is 0.308 e. The molecule has 124 valence electrons. The molecule has 0 spiro atoms. The fourth-order valence-corrected chi connectivity index (χ4v) is 4.27. The van der Waals surface area contributed by atoms with Gasteiger partial charge in [-0.15, -0.1) is 0 Å². The van der Waals surface area contributed by atoms with Crippen molar-refractivity contribution in [2.24, 2.45) is 0 Å². The predicted octanol–water partition coefficient (Wildman–Crippen LogP) is 2.51. The summed E-state index contributed by atoms with van der Waals surface area (Å²) in [6.45, 7) is 8.06. The van der Waals surface area contributed by atoms with Gasteiger partial charge in [-0.25, -0.2) is 9.97 Å². The van der Waals surface area contributed by atoms with Crippen molar-refractivity contribution >= 4 is 11.2 Å². The summed E-state index contributed by atoms with van der Waals surface area (Å²) in [6.07, 6.45) is 5.64. The third-order valence-corrected chi connectivity index (χ3v) is 5.53. The third-order valence-electron chi connectivity index (χ3n) is 5.53. The van der Waals surface area contributed by atoms with E-state index in [1.165, 1.54) is 38.2 Å². The molecule has 2 aliphatic rings. The Labute approximate surface area is 138 Å². The topological polar surface area (TPSA) is 37.2 Å². The van der Waals surface area contributed by atoms with Gasteiger partial charge in [0.1, 0.15) is 11.3 Å². The highest BCUT2D eigenvalue weighted by Crippen LogP contribution is 2.33. The van der Waals surface area contributed by atoms with E-state index in [-0.39, 0.29) is 0 Å². The highest BCUT2D eigenvalue weighted by molar-refractivity contribution is 5.71. The van der Waals surface area contributed by atoms with Crippen LogP contribution in [0, 0.1) is 0 Å². The number of rotatable bonds is 3. The summed E-state index contributed by atoms with van der Waals surface area (Å²) < 4.78 is 2.47. The minimum absolute atomic E-state index is 0.520. The van der Waals surface area contributed by atoms with Gasteiger partial charge in [-0.05, 0) is 58.1 Å². The van der Waals surface area contributed by atoms with Crippen LogP contribution in [0.3, 0.4) is 0 Å². The number of hydrogen-bond acceptors (Lipinski definition) is 4. The van der Waals surface area contributed by atoms with Gasteiger partial charge in [-0.2, -0.15) is 0 Å². The molecule has 0 bridgehead atoms. The number of nitrogens with zero attached hydrogens (tertiary/aromatic N) is 5. The van der Waals surface area contributed by atoms with Crippen molar-refractivity contribution in [3.8, 4) is 0 Å². The number of likely N-dealkylation sites (N-methyl/N-ethyl adjacent to an activating group) is 2. The van der Waals surface area contributed by atoms with Crippen molar-refractivity contribution in [3.63, 3.8) is 0 Å². The molecule has 2 unspecified atom stereocenters. The molecule has 5 nitrogen and oxygen atoms in total. The van der Waals surface area contributed by atoms with Crippen molar-refractivity contribution < 1.29 is 0 Å². The molecule has 0 radical (unpaired) electrons. The number of aromatic nitrogens is 3. The molecule has 23 heavy (non-hydrogen) atoms. The molecule has 0 aromatic carbocycles. The van der Waals surface area contributed by atoms with E-state index in [1.807, 2.05) is 12.3 Å². The lowest BCUT2D eigenvalue weighted by molar-refractivity contribution is 0.210. The number of imidazole rings is 1. The Morgan fingerprint density at radius 2 is 2.13 bits per heavy atom. The minimum atomic E-state index is 0.520. The van der Waals surface area contributed by atoms with Gasteiger partial charge in [0.15, 0.2) is 5.65 Å². The molecule has 2 aromatic rings. The summed E-state index contributed by atoms with van der Waals surface area (Å²) in [5.74, 6) is 1.82. The smallest absolute Gasteiger partial charge is 0.160 e. The molecule has 0 amide bonds. The summed E-state index contributed by atoms with van der Waals surface area (Å²) >= 11 is 0. The summed E-state index contributed by atoms with van der Waals surface area (Å²) in [5, 5.41) is 0. The molecule has 2 fully saturated rings. The Bertz CT molecular complexity index is 679. The van der Waals surface area contributed by atoms with Gasteiger partial charge in [0, 0.05) is 25.2 Å². The average Bonchev–Trinajstić information content (AvgIpc) is 3.18. The maximum atomic E-state index is 5.03. The van der Waals surface area contributed by atoms with E-state index in [0.717, 1.165) is 30.8 Å². The van der Waals surface area contributed by atoms with Gasteiger partial charge >= 0.3 is 0 Å². The Morgan fingerprint density at radius 1 is 1.22 bits per heavy atom. The SMILES string of the molecule is CCN1CCCC(c2nc3cccnc3n2C2CCN(C)C2)C1. The Morgan fingerprint density at radius 3 is 2.91 bits per heavy atom. The minimum Gasteiger partial charge on any atom is -0.308 e. The first-order valence-electron chi connectivity index (χ1n) is 9.00.